The van der Waals surface area contributed by atoms with Crippen molar-refractivity contribution in [1.29, 1.82) is 0 Å². The number of hydrogen-bond acceptors (Lipinski definition) is 6. The second kappa shape index (κ2) is 6.74. The first-order valence-corrected chi connectivity index (χ1v) is 9.29. The zero-order chi connectivity index (χ0) is 17.2. The molecule has 128 valence electrons. The number of sulfone groups is 1. The molecule has 1 aliphatic heterocycles. The predicted molar refractivity (Wildman–Crippen MR) is 82.9 cm³/mol. The molecule has 0 spiro atoms. The molecule has 1 aromatic rings. The molecule has 0 bridgehead atoms. The third-order valence-electron chi connectivity index (χ3n) is 3.90. The summed E-state index contributed by atoms with van der Waals surface area (Å²) in [5.41, 5.74) is 0.293. The molecule has 23 heavy (non-hydrogen) atoms. The number of aryl methyl sites for hydroxylation is 2. The van der Waals surface area contributed by atoms with Crippen molar-refractivity contribution in [2.24, 2.45) is 0 Å². The summed E-state index contributed by atoms with van der Waals surface area (Å²) in [7, 11) is -3.08. The fourth-order valence-corrected chi connectivity index (χ4v) is 4.51. The van der Waals surface area contributed by atoms with E-state index in [1.807, 2.05) is 0 Å². The van der Waals surface area contributed by atoms with Crippen LogP contribution in [-0.2, 0) is 19.4 Å². The second-order valence-electron chi connectivity index (χ2n) is 5.64. The molecule has 1 fully saturated rings. The van der Waals surface area contributed by atoms with Crippen molar-refractivity contribution < 1.29 is 27.2 Å². The van der Waals surface area contributed by atoms with E-state index in [1.165, 1.54) is 4.90 Å². The Labute approximate surface area is 135 Å². The van der Waals surface area contributed by atoms with Crippen LogP contribution in [0.25, 0.3) is 0 Å². The van der Waals surface area contributed by atoms with Gasteiger partial charge in [-0.15, -0.1) is 0 Å². The van der Waals surface area contributed by atoms with Crippen molar-refractivity contribution >= 4 is 21.7 Å². The van der Waals surface area contributed by atoms with Gasteiger partial charge in [0.15, 0.2) is 16.4 Å². The van der Waals surface area contributed by atoms with E-state index < -0.39 is 22.4 Å². The third-order valence-corrected chi connectivity index (χ3v) is 5.65. The fraction of sp³-hybridized carbons (Fsp3) is 0.600. The van der Waals surface area contributed by atoms with E-state index >= 15 is 0 Å². The topological polar surface area (TPSA) is 93.9 Å². The quantitative estimate of drug-likeness (QED) is 0.743. The number of hydrogen-bond donors (Lipinski definition) is 0. The molecule has 7 nitrogen and oxygen atoms in total. The van der Waals surface area contributed by atoms with Crippen LogP contribution in [-0.4, -0.2) is 55.9 Å². The SMILES string of the molecule is CCN(C(=O)COC(=O)c1cc(C)oc1C)C1CCS(=O)(=O)C1. The third kappa shape index (κ3) is 4.13. The zero-order valence-corrected chi connectivity index (χ0v) is 14.3. The minimum absolute atomic E-state index is 0.0272. The summed E-state index contributed by atoms with van der Waals surface area (Å²) >= 11 is 0. The molecule has 1 atom stereocenters. The van der Waals surface area contributed by atoms with Crippen LogP contribution in [0.2, 0.25) is 0 Å². The monoisotopic (exact) mass is 343 g/mol. The highest BCUT2D eigenvalue weighted by Crippen LogP contribution is 2.18. The van der Waals surface area contributed by atoms with Gasteiger partial charge in [0.25, 0.3) is 5.91 Å². The molecule has 8 heteroatoms. The summed E-state index contributed by atoms with van der Waals surface area (Å²) in [5.74, 6) is 0.0832. The average molecular weight is 343 g/mol. The molecule has 1 unspecified atom stereocenters. The van der Waals surface area contributed by atoms with Gasteiger partial charge < -0.3 is 14.1 Å². The Morgan fingerprint density at radius 3 is 2.57 bits per heavy atom. The molecule has 0 N–H and O–H groups in total. The van der Waals surface area contributed by atoms with Gasteiger partial charge in [0.05, 0.1) is 11.5 Å². The highest BCUT2D eigenvalue weighted by Gasteiger charge is 2.34. The van der Waals surface area contributed by atoms with Crippen molar-refractivity contribution in [3.05, 3.63) is 23.2 Å². The first kappa shape index (κ1) is 17.5. The molecule has 0 radical (unpaired) electrons. The van der Waals surface area contributed by atoms with Gasteiger partial charge in [-0.1, -0.05) is 0 Å². The van der Waals surface area contributed by atoms with Crippen LogP contribution in [0, 0.1) is 13.8 Å². The molecule has 2 heterocycles. The summed E-state index contributed by atoms with van der Waals surface area (Å²) in [6.07, 6.45) is 0.426. The minimum Gasteiger partial charge on any atom is -0.466 e. The lowest BCUT2D eigenvalue weighted by molar-refractivity contribution is -0.136. The molecule has 1 saturated heterocycles. The largest absolute Gasteiger partial charge is 0.466 e. The van der Waals surface area contributed by atoms with E-state index in [2.05, 4.69) is 0 Å². The van der Waals surface area contributed by atoms with Crippen LogP contribution in [0.1, 0.15) is 35.2 Å². The van der Waals surface area contributed by atoms with Crippen LogP contribution in [0.3, 0.4) is 0 Å². The molecule has 1 aromatic heterocycles. The maximum absolute atomic E-state index is 12.2. The Morgan fingerprint density at radius 2 is 2.09 bits per heavy atom. The van der Waals surface area contributed by atoms with Gasteiger partial charge in [0, 0.05) is 12.6 Å². The Bertz CT molecular complexity index is 706. The van der Waals surface area contributed by atoms with E-state index in [0.717, 1.165) is 0 Å². The number of esters is 1. The number of carbonyl (C=O) groups excluding carboxylic acids is 2. The van der Waals surface area contributed by atoms with Crippen molar-refractivity contribution in [2.75, 3.05) is 24.7 Å². The van der Waals surface area contributed by atoms with Gasteiger partial charge in [-0.3, -0.25) is 4.79 Å². The second-order valence-corrected chi connectivity index (χ2v) is 7.87. The summed E-state index contributed by atoms with van der Waals surface area (Å²) in [6.45, 7) is 5.10. The molecule has 0 saturated carbocycles. The van der Waals surface area contributed by atoms with Crippen LogP contribution < -0.4 is 0 Å². The molecule has 1 aliphatic rings. The first-order valence-electron chi connectivity index (χ1n) is 7.47. The average Bonchev–Trinajstić information content (AvgIpc) is 2.99. The summed E-state index contributed by atoms with van der Waals surface area (Å²) in [5, 5.41) is 0. The zero-order valence-electron chi connectivity index (χ0n) is 13.5. The van der Waals surface area contributed by atoms with Crippen molar-refractivity contribution in [1.82, 2.24) is 4.90 Å². The van der Waals surface area contributed by atoms with Crippen LogP contribution in [0.15, 0.2) is 10.5 Å². The lowest BCUT2D eigenvalue weighted by atomic mass is 10.2. The molecule has 0 aliphatic carbocycles. The Kier molecular flexibility index (Phi) is 5.13. The molecular weight excluding hydrogens is 322 g/mol. The highest BCUT2D eigenvalue weighted by atomic mass is 32.2. The van der Waals surface area contributed by atoms with Crippen LogP contribution in [0.5, 0.6) is 0 Å². The number of carbonyl (C=O) groups is 2. The molecule has 0 aromatic carbocycles. The van der Waals surface area contributed by atoms with Gasteiger partial charge in [-0.05, 0) is 33.3 Å². The van der Waals surface area contributed by atoms with E-state index in [-0.39, 0.29) is 23.5 Å². The van der Waals surface area contributed by atoms with Crippen molar-refractivity contribution in [3.63, 3.8) is 0 Å². The molecule has 2 rings (SSSR count). The minimum atomic E-state index is -3.08. The number of rotatable bonds is 5. The number of likely N-dealkylation sites (N-methyl/N-ethyl adjacent to an activating group) is 1. The smallest absolute Gasteiger partial charge is 0.342 e. The highest BCUT2D eigenvalue weighted by molar-refractivity contribution is 7.91. The van der Waals surface area contributed by atoms with Gasteiger partial charge >= 0.3 is 5.97 Å². The summed E-state index contributed by atoms with van der Waals surface area (Å²) in [6, 6.07) is 1.22. The fourth-order valence-electron chi connectivity index (χ4n) is 2.78. The molecule has 1 amide bonds. The lowest BCUT2D eigenvalue weighted by Crippen LogP contribution is -2.43. The molecular formula is C15H21NO6S. The standard InChI is InChI=1S/C15H21NO6S/c1-4-16(12-5-6-23(19,20)9-12)14(17)8-21-15(18)13-7-10(2)22-11(13)3/h7,12H,4-6,8-9H2,1-3H3. The number of ether oxygens (including phenoxy) is 1. The van der Waals surface area contributed by atoms with Gasteiger partial charge in [0.2, 0.25) is 0 Å². The maximum atomic E-state index is 12.2. The van der Waals surface area contributed by atoms with E-state index in [0.29, 0.717) is 30.0 Å². The summed E-state index contributed by atoms with van der Waals surface area (Å²) < 4.78 is 33.4. The van der Waals surface area contributed by atoms with Crippen molar-refractivity contribution in [2.45, 2.75) is 33.2 Å². The number of amides is 1. The van der Waals surface area contributed by atoms with E-state index in [1.54, 1.807) is 26.8 Å². The van der Waals surface area contributed by atoms with Crippen LogP contribution >= 0.6 is 0 Å². The van der Waals surface area contributed by atoms with Gasteiger partial charge in [0.1, 0.15) is 17.1 Å². The van der Waals surface area contributed by atoms with Gasteiger partial charge in [-0.2, -0.15) is 0 Å². The number of furan rings is 1. The Morgan fingerprint density at radius 1 is 1.39 bits per heavy atom. The maximum Gasteiger partial charge on any atom is 0.342 e. The Hall–Kier alpha value is -1.83. The number of nitrogens with zero attached hydrogens (tertiary/aromatic N) is 1. The lowest BCUT2D eigenvalue weighted by Gasteiger charge is -2.26. The van der Waals surface area contributed by atoms with Crippen molar-refractivity contribution in [3.8, 4) is 0 Å². The summed E-state index contributed by atoms with van der Waals surface area (Å²) in [4.78, 5) is 25.7. The normalized spacial score (nSPS) is 19.5. The van der Waals surface area contributed by atoms with E-state index in [4.69, 9.17) is 9.15 Å². The van der Waals surface area contributed by atoms with Gasteiger partial charge in [-0.25, -0.2) is 13.2 Å². The Balaban J connectivity index is 1.95. The van der Waals surface area contributed by atoms with E-state index in [9.17, 15) is 18.0 Å². The first-order chi connectivity index (χ1) is 10.7. The van der Waals surface area contributed by atoms with Crippen LogP contribution in [0.4, 0.5) is 0 Å². The predicted octanol–water partition coefficient (Wildman–Crippen LogP) is 1.09.